The van der Waals surface area contributed by atoms with E-state index >= 15 is 0 Å². The van der Waals surface area contributed by atoms with Crippen LogP contribution in [0.25, 0.3) is 10.2 Å². The molecule has 0 unspecified atom stereocenters. The second-order valence-corrected chi connectivity index (χ2v) is 6.57. The first kappa shape index (κ1) is 17.4. The average molecular weight is 308 g/mol. The number of hydrogen-bond acceptors (Lipinski definition) is 4. The van der Waals surface area contributed by atoms with Gasteiger partial charge in [-0.3, -0.25) is 0 Å². The van der Waals surface area contributed by atoms with Crippen LogP contribution >= 0.6 is 22.9 Å². The number of rotatable bonds is 1. The van der Waals surface area contributed by atoms with Crippen LogP contribution in [0.2, 0.25) is 5.15 Å². The monoisotopic (exact) mass is 307 g/mol. The zero-order chi connectivity index (χ0) is 14.3. The number of nitrogens with zero attached hydrogens (tertiary/aromatic N) is 1. The van der Waals surface area contributed by atoms with Crippen molar-refractivity contribution >= 4 is 43.0 Å². The van der Waals surface area contributed by atoms with Crippen LogP contribution in [0.15, 0.2) is 22.4 Å². The first-order valence-electron chi connectivity index (χ1n) is 5.73. The van der Waals surface area contributed by atoms with Gasteiger partial charge in [0.1, 0.15) is 9.36 Å². The van der Waals surface area contributed by atoms with Crippen molar-refractivity contribution in [1.82, 2.24) is 4.98 Å². The summed E-state index contributed by atoms with van der Waals surface area (Å²) in [5, 5.41) is 0.371. The van der Waals surface area contributed by atoms with Gasteiger partial charge in [0.25, 0.3) is 0 Å². The highest BCUT2D eigenvalue weighted by Crippen LogP contribution is 2.28. The van der Waals surface area contributed by atoms with E-state index in [1.54, 1.807) is 18.2 Å². The van der Waals surface area contributed by atoms with Gasteiger partial charge in [-0.25, -0.2) is 13.4 Å². The number of pyridine rings is 1. The lowest BCUT2D eigenvalue weighted by molar-refractivity contribution is 0.604. The minimum atomic E-state index is -3.14. The standard InChI is InChI=1S/C8H6ClNO2S2.2C2H6/c1-14(11,12)8-4-5-6(13-8)2-3-7(9)10-5;2*1-2/h2-4H,1H3;2*1-2H3. The van der Waals surface area contributed by atoms with Gasteiger partial charge < -0.3 is 0 Å². The fourth-order valence-electron chi connectivity index (χ4n) is 1.06. The molecule has 18 heavy (non-hydrogen) atoms. The van der Waals surface area contributed by atoms with Gasteiger partial charge in [-0.1, -0.05) is 39.3 Å². The van der Waals surface area contributed by atoms with E-state index < -0.39 is 9.84 Å². The number of fused-ring (bicyclic) bond motifs is 1. The Morgan fingerprint density at radius 1 is 1.17 bits per heavy atom. The van der Waals surface area contributed by atoms with Gasteiger partial charge in [0, 0.05) is 6.26 Å². The van der Waals surface area contributed by atoms with E-state index in [1.807, 2.05) is 27.7 Å². The molecule has 0 saturated carbocycles. The smallest absolute Gasteiger partial charge is 0.184 e. The minimum absolute atomic E-state index is 0.322. The predicted octanol–water partition coefficient (Wildman–Crippen LogP) is 4.41. The fourth-order valence-corrected chi connectivity index (χ4v) is 3.15. The summed E-state index contributed by atoms with van der Waals surface area (Å²) < 4.78 is 23.6. The lowest BCUT2D eigenvalue weighted by atomic mass is 10.4. The van der Waals surface area contributed by atoms with Crippen molar-refractivity contribution in [2.45, 2.75) is 31.9 Å². The molecule has 0 radical (unpaired) electrons. The second kappa shape index (κ2) is 7.71. The Kier molecular flexibility index (Phi) is 7.43. The van der Waals surface area contributed by atoms with Gasteiger partial charge >= 0.3 is 0 Å². The molecule has 102 valence electrons. The van der Waals surface area contributed by atoms with Gasteiger partial charge in [-0.05, 0) is 18.2 Å². The maximum Gasteiger partial charge on any atom is 0.184 e. The molecule has 0 bridgehead atoms. The van der Waals surface area contributed by atoms with Crippen LogP contribution in [0, 0.1) is 0 Å². The molecule has 2 heterocycles. The Balaban J connectivity index is 0.000000659. The van der Waals surface area contributed by atoms with Crippen molar-refractivity contribution in [1.29, 1.82) is 0 Å². The summed E-state index contributed by atoms with van der Waals surface area (Å²) in [4.78, 5) is 4.02. The van der Waals surface area contributed by atoms with Gasteiger partial charge in [0.2, 0.25) is 0 Å². The van der Waals surface area contributed by atoms with Crippen LogP contribution in [0.4, 0.5) is 0 Å². The van der Waals surface area contributed by atoms with Crippen LogP contribution < -0.4 is 0 Å². The number of halogens is 1. The number of sulfone groups is 1. The summed E-state index contributed by atoms with van der Waals surface area (Å²) in [5.74, 6) is 0. The van der Waals surface area contributed by atoms with E-state index in [1.165, 1.54) is 17.6 Å². The zero-order valence-corrected chi connectivity index (χ0v) is 13.6. The van der Waals surface area contributed by atoms with Gasteiger partial charge in [0.05, 0.1) is 10.2 Å². The van der Waals surface area contributed by atoms with E-state index in [2.05, 4.69) is 4.98 Å². The van der Waals surface area contributed by atoms with Crippen molar-refractivity contribution in [3.05, 3.63) is 23.4 Å². The molecule has 0 aliphatic heterocycles. The van der Waals surface area contributed by atoms with E-state index in [0.29, 0.717) is 14.9 Å². The third-order valence-electron chi connectivity index (χ3n) is 1.68. The number of hydrogen-bond donors (Lipinski definition) is 0. The van der Waals surface area contributed by atoms with Gasteiger partial charge in [-0.15, -0.1) is 11.3 Å². The first-order valence-corrected chi connectivity index (χ1v) is 8.81. The molecule has 0 spiro atoms. The third-order valence-corrected chi connectivity index (χ3v) is 4.78. The van der Waals surface area contributed by atoms with Crippen LogP contribution in [-0.2, 0) is 9.84 Å². The summed E-state index contributed by atoms with van der Waals surface area (Å²) in [6.45, 7) is 8.00. The molecule has 2 aromatic rings. The largest absolute Gasteiger partial charge is 0.235 e. The van der Waals surface area contributed by atoms with Gasteiger partial charge in [0.15, 0.2) is 9.84 Å². The highest BCUT2D eigenvalue weighted by atomic mass is 35.5. The van der Waals surface area contributed by atoms with Crippen molar-refractivity contribution < 1.29 is 8.42 Å². The van der Waals surface area contributed by atoms with Crippen LogP contribution in [0.1, 0.15) is 27.7 Å². The Bertz CT molecular complexity index is 591. The van der Waals surface area contributed by atoms with Crippen LogP contribution in [0.3, 0.4) is 0 Å². The molecule has 6 heteroatoms. The summed E-state index contributed by atoms with van der Waals surface area (Å²) in [5.41, 5.74) is 0.628. The Morgan fingerprint density at radius 2 is 1.72 bits per heavy atom. The lowest BCUT2D eigenvalue weighted by Crippen LogP contribution is -1.91. The molecule has 0 saturated heterocycles. The van der Waals surface area contributed by atoms with Crippen molar-refractivity contribution in [2.24, 2.45) is 0 Å². The Hall–Kier alpha value is -0.650. The Morgan fingerprint density at radius 3 is 2.22 bits per heavy atom. The summed E-state index contributed by atoms with van der Waals surface area (Å²) in [6.07, 6.45) is 1.18. The molecule has 0 amide bonds. The zero-order valence-electron chi connectivity index (χ0n) is 11.2. The maximum absolute atomic E-state index is 11.2. The molecular weight excluding hydrogens is 290 g/mol. The predicted molar refractivity (Wildman–Crippen MR) is 80.4 cm³/mol. The molecule has 0 fully saturated rings. The highest BCUT2D eigenvalue weighted by Gasteiger charge is 2.12. The third kappa shape index (κ3) is 4.55. The molecule has 2 aromatic heterocycles. The Labute approximate surface area is 118 Å². The second-order valence-electron chi connectivity index (χ2n) is 2.85. The van der Waals surface area contributed by atoms with E-state index in [4.69, 9.17) is 11.6 Å². The van der Waals surface area contributed by atoms with Crippen molar-refractivity contribution in [3.63, 3.8) is 0 Å². The summed E-state index contributed by atoms with van der Waals surface area (Å²) in [6, 6.07) is 4.96. The number of aromatic nitrogens is 1. The summed E-state index contributed by atoms with van der Waals surface area (Å²) >= 11 is 6.89. The first-order chi connectivity index (χ1) is 8.47. The normalized spacial score (nSPS) is 10.1. The lowest BCUT2D eigenvalue weighted by Gasteiger charge is -1.87. The summed E-state index contributed by atoms with van der Waals surface area (Å²) in [7, 11) is -3.14. The van der Waals surface area contributed by atoms with E-state index in [0.717, 1.165) is 4.70 Å². The van der Waals surface area contributed by atoms with Gasteiger partial charge in [-0.2, -0.15) is 0 Å². The topological polar surface area (TPSA) is 47.0 Å². The van der Waals surface area contributed by atoms with Crippen LogP contribution in [-0.4, -0.2) is 19.7 Å². The fraction of sp³-hybridized carbons (Fsp3) is 0.417. The molecular formula is C12H18ClNO2S2. The van der Waals surface area contributed by atoms with E-state index in [9.17, 15) is 8.42 Å². The number of thiophene rings is 1. The maximum atomic E-state index is 11.2. The van der Waals surface area contributed by atoms with Crippen molar-refractivity contribution in [3.8, 4) is 0 Å². The van der Waals surface area contributed by atoms with E-state index in [-0.39, 0.29) is 0 Å². The minimum Gasteiger partial charge on any atom is -0.235 e. The molecule has 3 nitrogen and oxygen atoms in total. The van der Waals surface area contributed by atoms with Crippen LogP contribution in [0.5, 0.6) is 0 Å². The molecule has 0 atom stereocenters. The molecule has 2 rings (SSSR count). The molecule has 0 aliphatic rings. The van der Waals surface area contributed by atoms with Crippen molar-refractivity contribution in [2.75, 3.05) is 6.26 Å². The molecule has 0 aliphatic carbocycles. The highest BCUT2D eigenvalue weighted by molar-refractivity contribution is 7.92. The molecule has 0 aromatic carbocycles. The SMILES string of the molecule is CC.CC.CS(=O)(=O)c1cc2nc(Cl)ccc2s1. The average Bonchev–Trinajstić information content (AvgIpc) is 2.77. The molecule has 0 N–H and O–H groups in total. The quantitative estimate of drug-likeness (QED) is 0.733.